The van der Waals surface area contributed by atoms with Crippen molar-refractivity contribution in [1.82, 2.24) is 10.3 Å². The van der Waals surface area contributed by atoms with Crippen LogP contribution in [0.15, 0.2) is 66.9 Å². The van der Waals surface area contributed by atoms with Crippen LogP contribution in [0.3, 0.4) is 0 Å². The molecular weight excluding hydrogens is 381 g/mol. The van der Waals surface area contributed by atoms with Gasteiger partial charge in [0.15, 0.2) is 0 Å². The standard InChI is InChI=1S/C21H17ClFN3O2/c22-16-6-4-14(5-7-16)8-10-25-21(28)19-12-15(9-11-24-19)20(27)26-18-3-1-2-17(23)13-18/h1-7,9,11-13H,8,10H2,(H,25,28)(H,26,27). The Morgan fingerprint density at radius 2 is 1.79 bits per heavy atom. The second-order valence-electron chi connectivity index (χ2n) is 6.03. The lowest BCUT2D eigenvalue weighted by Gasteiger charge is -2.08. The van der Waals surface area contributed by atoms with E-state index in [0.29, 0.717) is 23.7 Å². The van der Waals surface area contributed by atoms with E-state index in [2.05, 4.69) is 15.6 Å². The Hall–Kier alpha value is -3.25. The Kier molecular flexibility index (Phi) is 6.34. The third-order valence-corrected chi connectivity index (χ3v) is 4.20. The highest BCUT2D eigenvalue weighted by molar-refractivity contribution is 6.30. The van der Waals surface area contributed by atoms with Crippen LogP contribution in [-0.4, -0.2) is 23.3 Å². The number of carbonyl (C=O) groups excluding carboxylic acids is 2. The first-order valence-electron chi connectivity index (χ1n) is 8.57. The fourth-order valence-corrected chi connectivity index (χ4v) is 2.65. The molecule has 1 heterocycles. The molecule has 2 N–H and O–H groups in total. The summed E-state index contributed by atoms with van der Waals surface area (Å²) in [5, 5.41) is 6.01. The molecule has 0 saturated heterocycles. The minimum absolute atomic E-state index is 0.128. The molecule has 0 atom stereocenters. The van der Waals surface area contributed by atoms with Gasteiger partial charge in [0.1, 0.15) is 11.5 Å². The number of nitrogens with zero attached hydrogens (tertiary/aromatic N) is 1. The zero-order valence-electron chi connectivity index (χ0n) is 14.8. The molecule has 5 nitrogen and oxygen atoms in total. The van der Waals surface area contributed by atoms with E-state index in [-0.39, 0.29) is 17.2 Å². The maximum Gasteiger partial charge on any atom is 0.269 e. The van der Waals surface area contributed by atoms with Crippen LogP contribution in [0.4, 0.5) is 10.1 Å². The first kappa shape index (κ1) is 19.5. The quantitative estimate of drug-likeness (QED) is 0.657. The number of amides is 2. The van der Waals surface area contributed by atoms with Crippen LogP contribution in [0.5, 0.6) is 0 Å². The largest absolute Gasteiger partial charge is 0.350 e. The lowest BCUT2D eigenvalue weighted by molar-refractivity contribution is 0.0949. The van der Waals surface area contributed by atoms with E-state index in [1.165, 1.54) is 36.5 Å². The number of nitrogens with one attached hydrogen (secondary N) is 2. The van der Waals surface area contributed by atoms with Crippen molar-refractivity contribution in [3.05, 3.63) is 94.5 Å². The highest BCUT2D eigenvalue weighted by Crippen LogP contribution is 2.12. The minimum Gasteiger partial charge on any atom is -0.350 e. The predicted molar refractivity (Wildman–Crippen MR) is 106 cm³/mol. The summed E-state index contributed by atoms with van der Waals surface area (Å²) in [6.07, 6.45) is 2.03. The summed E-state index contributed by atoms with van der Waals surface area (Å²) in [4.78, 5) is 28.6. The lowest BCUT2D eigenvalue weighted by Crippen LogP contribution is -2.27. The Morgan fingerprint density at radius 3 is 2.54 bits per heavy atom. The maximum atomic E-state index is 13.2. The monoisotopic (exact) mass is 397 g/mol. The van der Waals surface area contributed by atoms with Crippen molar-refractivity contribution in [2.45, 2.75) is 6.42 Å². The first-order valence-corrected chi connectivity index (χ1v) is 8.95. The smallest absolute Gasteiger partial charge is 0.269 e. The van der Waals surface area contributed by atoms with Gasteiger partial charge in [-0.05, 0) is 54.4 Å². The Balaban J connectivity index is 1.59. The van der Waals surface area contributed by atoms with E-state index in [1.54, 1.807) is 18.2 Å². The van der Waals surface area contributed by atoms with Gasteiger partial charge in [0.25, 0.3) is 11.8 Å². The molecule has 2 aromatic carbocycles. The van der Waals surface area contributed by atoms with Crippen LogP contribution >= 0.6 is 11.6 Å². The van der Waals surface area contributed by atoms with Crippen LogP contribution in [0.2, 0.25) is 5.02 Å². The van der Waals surface area contributed by atoms with Gasteiger partial charge in [-0.1, -0.05) is 29.8 Å². The van der Waals surface area contributed by atoms with Crippen LogP contribution in [0.25, 0.3) is 0 Å². The van der Waals surface area contributed by atoms with E-state index >= 15 is 0 Å². The third-order valence-electron chi connectivity index (χ3n) is 3.95. The molecule has 0 aliphatic carbocycles. The molecule has 0 aliphatic rings. The minimum atomic E-state index is -0.455. The molecule has 0 fully saturated rings. The molecule has 1 aromatic heterocycles. The van der Waals surface area contributed by atoms with Gasteiger partial charge < -0.3 is 10.6 Å². The molecule has 7 heteroatoms. The molecule has 0 aliphatic heterocycles. The van der Waals surface area contributed by atoms with E-state index in [1.807, 2.05) is 12.1 Å². The van der Waals surface area contributed by atoms with Crippen molar-refractivity contribution in [3.63, 3.8) is 0 Å². The summed E-state index contributed by atoms with van der Waals surface area (Å²) in [7, 11) is 0. The maximum absolute atomic E-state index is 13.2. The molecule has 0 unspecified atom stereocenters. The van der Waals surface area contributed by atoms with Crippen LogP contribution in [0.1, 0.15) is 26.4 Å². The summed E-state index contributed by atoms with van der Waals surface area (Å²) in [6, 6.07) is 15.8. The second kappa shape index (κ2) is 9.10. The van der Waals surface area contributed by atoms with Gasteiger partial charge in [-0.25, -0.2) is 4.39 Å². The van der Waals surface area contributed by atoms with E-state index in [4.69, 9.17) is 11.6 Å². The van der Waals surface area contributed by atoms with Crippen LogP contribution in [0, 0.1) is 5.82 Å². The van der Waals surface area contributed by atoms with Gasteiger partial charge in [-0.3, -0.25) is 14.6 Å². The van der Waals surface area contributed by atoms with Crippen molar-refractivity contribution in [2.75, 3.05) is 11.9 Å². The number of hydrogen-bond donors (Lipinski definition) is 2. The van der Waals surface area contributed by atoms with Gasteiger partial charge >= 0.3 is 0 Å². The van der Waals surface area contributed by atoms with E-state index in [9.17, 15) is 14.0 Å². The molecule has 28 heavy (non-hydrogen) atoms. The SMILES string of the molecule is O=C(Nc1cccc(F)c1)c1ccnc(C(=O)NCCc2ccc(Cl)cc2)c1. The van der Waals surface area contributed by atoms with Crippen molar-refractivity contribution in [3.8, 4) is 0 Å². The van der Waals surface area contributed by atoms with Gasteiger partial charge in [-0.2, -0.15) is 0 Å². The van der Waals surface area contributed by atoms with Crippen molar-refractivity contribution in [2.24, 2.45) is 0 Å². The zero-order chi connectivity index (χ0) is 19.9. The predicted octanol–water partition coefficient (Wildman–Crippen LogP) is 4.10. The van der Waals surface area contributed by atoms with Gasteiger partial charge in [0.2, 0.25) is 0 Å². The molecular formula is C21H17ClFN3O2. The Morgan fingerprint density at radius 1 is 1.00 bits per heavy atom. The van der Waals surface area contributed by atoms with Gasteiger partial charge in [0, 0.05) is 29.0 Å². The number of rotatable bonds is 6. The summed E-state index contributed by atoms with van der Waals surface area (Å²) in [5.74, 6) is -1.29. The number of benzene rings is 2. The second-order valence-corrected chi connectivity index (χ2v) is 6.46. The molecule has 0 bridgehead atoms. The number of hydrogen-bond acceptors (Lipinski definition) is 3. The zero-order valence-corrected chi connectivity index (χ0v) is 15.5. The molecule has 2 amide bonds. The fourth-order valence-electron chi connectivity index (χ4n) is 2.53. The Labute approximate surface area is 166 Å². The molecule has 0 saturated carbocycles. The Bertz CT molecular complexity index is 993. The molecule has 3 aromatic rings. The van der Waals surface area contributed by atoms with Gasteiger partial charge in [-0.15, -0.1) is 0 Å². The lowest BCUT2D eigenvalue weighted by atomic mass is 10.1. The number of anilines is 1. The van der Waals surface area contributed by atoms with Crippen LogP contribution in [-0.2, 0) is 6.42 Å². The number of aromatic nitrogens is 1. The summed E-state index contributed by atoms with van der Waals surface area (Å²) < 4.78 is 13.2. The normalized spacial score (nSPS) is 10.4. The summed E-state index contributed by atoms with van der Waals surface area (Å²) in [5.41, 5.74) is 1.75. The van der Waals surface area contributed by atoms with Crippen molar-refractivity contribution in [1.29, 1.82) is 0 Å². The van der Waals surface area contributed by atoms with Crippen LogP contribution < -0.4 is 10.6 Å². The highest BCUT2D eigenvalue weighted by atomic mass is 35.5. The molecule has 0 spiro atoms. The average Bonchev–Trinajstić information content (AvgIpc) is 2.69. The number of carbonyl (C=O) groups is 2. The number of halogens is 2. The third kappa shape index (κ3) is 5.37. The summed E-state index contributed by atoms with van der Waals surface area (Å²) >= 11 is 5.85. The van der Waals surface area contributed by atoms with E-state index in [0.717, 1.165) is 5.56 Å². The van der Waals surface area contributed by atoms with Crippen molar-refractivity contribution < 1.29 is 14.0 Å². The first-order chi connectivity index (χ1) is 13.5. The molecule has 142 valence electrons. The topological polar surface area (TPSA) is 71.1 Å². The van der Waals surface area contributed by atoms with E-state index < -0.39 is 11.7 Å². The van der Waals surface area contributed by atoms with Crippen molar-refractivity contribution >= 4 is 29.1 Å². The highest BCUT2D eigenvalue weighted by Gasteiger charge is 2.12. The average molecular weight is 398 g/mol. The number of pyridine rings is 1. The molecule has 3 rings (SSSR count). The fraction of sp³-hybridized carbons (Fsp3) is 0.0952. The molecule has 0 radical (unpaired) electrons. The van der Waals surface area contributed by atoms with Gasteiger partial charge in [0.05, 0.1) is 0 Å². The summed E-state index contributed by atoms with van der Waals surface area (Å²) in [6.45, 7) is 0.419.